The van der Waals surface area contributed by atoms with Crippen LogP contribution in [0.2, 0.25) is 0 Å². The minimum atomic E-state index is 0.839. The van der Waals surface area contributed by atoms with Crippen LogP contribution in [0.3, 0.4) is 0 Å². The van der Waals surface area contributed by atoms with Crippen molar-refractivity contribution in [2.75, 3.05) is 7.11 Å². The smallest absolute Gasteiger partial charge is 0.134 e. The number of methoxy groups -OCH3 is 1. The highest BCUT2D eigenvalue weighted by Crippen LogP contribution is 2.42. The predicted molar refractivity (Wildman–Crippen MR) is 78.8 cm³/mol. The highest BCUT2D eigenvalue weighted by molar-refractivity contribution is 7.00. The second-order valence-corrected chi connectivity index (χ2v) is 5.31. The first-order valence-corrected chi connectivity index (χ1v) is 7.35. The Balaban J connectivity index is 1.84. The summed E-state index contributed by atoms with van der Waals surface area (Å²) in [7, 11) is 1.66. The fourth-order valence-corrected chi connectivity index (χ4v) is 3.28. The van der Waals surface area contributed by atoms with Gasteiger partial charge in [0, 0.05) is 5.57 Å². The van der Waals surface area contributed by atoms with E-state index in [1.165, 1.54) is 23.5 Å². The molecule has 98 valence electrons. The molecule has 2 aromatic heterocycles. The number of hydrogen-bond donors (Lipinski definition) is 0. The lowest BCUT2D eigenvalue weighted by molar-refractivity contribution is 0.415. The number of ether oxygens (including phenoxy) is 1. The zero-order valence-corrected chi connectivity index (χ0v) is 12.0. The molecule has 0 aliphatic heterocycles. The first kappa shape index (κ1) is 11.7. The van der Waals surface area contributed by atoms with Gasteiger partial charge in [-0.15, -0.1) is 0 Å². The Kier molecular flexibility index (Phi) is 2.61. The minimum absolute atomic E-state index is 0.839. The number of nitrogens with zero attached hydrogens (tertiary/aromatic N) is 4. The van der Waals surface area contributed by atoms with Crippen LogP contribution in [0.5, 0.6) is 5.75 Å². The van der Waals surface area contributed by atoms with Gasteiger partial charge in [0.25, 0.3) is 0 Å². The van der Waals surface area contributed by atoms with Crippen LogP contribution >= 0.6 is 23.5 Å². The van der Waals surface area contributed by atoms with Crippen LogP contribution in [0.25, 0.3) is 23.0 Å². The Morgan fingerprint density at radius 3 is 1.95 bits per heavy atom. The van der Waals surface area contributed by atoms with E-state index in [0.29, 0.717) is 0 Å². The van der Waals surface area contributed by atoms with E-state index in [1.807, 2.05) is 24.3 Å². The molecule has 5 nitrogen and oxygen atoms in total. The SMILES string of the molecule is COc1ccc(C=C2c3nsnc3-c3nsnc32)cc1. The average Bonchev–Trinajstić information content (AvgIpc) is 3.16. The van der Waals surface area contributed by atoms with Crippen molar-refractivity contribution in [2.24, 2.45) is 0 Å². The van der Waals surface area contributed by atoms with Gasteiger partial charge in [0.15, 0.2) is 0 Å². The second kappa shape index (κ2) is 4.46. The summed E-state index contributed by atoms with van der Waals surface area (Å²) in [4.78, 5) is 0. The fourth-order valence-electron chi connectivity index (χ4n) is 2.16. The van der Waals surface area contributed by atoms with E-state index in [1.54, 1.807) is 7.11 Å². The molecule has 0 saturated heterocycles. The molecule has 7 heteroatoms. The highest BCUT2D eigenvalue weighted by atomic mass is 32.1. The largest absolute Gasteiger partial charge is 0.497 e. The number of rotatable bonds is 2. The maximum Gasteiger partial charge on any atom is 0.134 e. The Morgan fingerprint density at radius 1 is 0.850 bits per heavy atom. The molecule has 0 fully saturated rings. The summed E-state index contributed by atoms with van der Waals surface area (Å²) in [6, 6.07) is 7.87. The van der Waals surface area contributed by atoms with E-state index in [-0.39, 0.29) is 0 Å². The van der Waals surface area contributed by atoms with E-state index < -0.39 is 0 Å². The fraction of sp³-hybridized carbons (Fsp3) is 0.0769. The van der Waals surface area contributed by atoms with Crippen LogP contribution in [0, 0.1) is 0 Å². The summed E-state index contributed by atoms with van der Waals surface area (Å²) >= 11 is 2.41. The zero-order valence-electron chi connectivity index (χ0n) is 10.4. The van der Waals surface area contributed by atoms with E-state index in [2.05, 4.69) is 23.6 Å². The molecule has 0 spiro atoms. The third kappa shape index (κ3) is 1.67. The van der Waals surface area contributed by atoms with Gasteiger partial charge in [0.05, 0.1) is 30.6 Å². The average molecular weight is 300 g/mol. The van der Waals surface area contributed by atoms with Crippen molar-refractivity contribution in [3.05, 3.63) is 41.2 Å². The van der Waals surface area contributed by atoms with Gasteiger partial charge < -0.3 is 4.74 Å². The molecule has 1 aromatic carbocycles. The van der Waals surface area contributed by atoms with Gasteiger partial charge in [0.1, 0.15) is 28.5 Å². The lowest BCUT2D eigenvalue weighted by atomic mass is 10.1. The van der Waals surface area contributed by atoms with Crippen LogP contribution in [0.1, 0.15) is 17.0 Å². The van der Waals surface area contributed by atoms with Crippen molar-refractivity contribution in [3.8, 4) is 17.1 Å². The van der Waals surface area contributed by atoms with Crippen molar-refractivity contribution in [1.29, 1.82) is 0 Å². The van der Waals surface area contributed by atoms with Crippen molar-refractivity contribution in [3.63, 3.8) is 0 Å². The molecule has 3 aromatic rings. The van der Waals surface area contributed by atoms with Crippen LogP contribution in [-0.2, 0) is 0 Å². The van der Waals surface area contributed by atoms with E-state index >= 15 is 0 Å². The molecular formula is C13H8N4OS2. The third-order valence-electron chi connectivity index (χ3n) is 3.14. The van der Waals surface area contributed by atoms with E-state index in [0.717, 1.165) is 39.7 Å². The first-order chi connectivity index (χ1) is 9.86. The predicted octanol–water partition coefficient (Wildman–Crippen LogP) is 2.97. The quantitative estimate of drug-likeness (QED) is 0.569. The van der Waals surface area contributed by atoms with Gasteiger partial charge >= 0.3 is 0 Å². The first-order valence-electron chi connectivity index (χ1n) is 5.89. The van der Waals surface area contributed by atoms with Crippen LogP contribution in [0.15, 0.2) is 24.3 Å². The third-order valence-corrected chi connectivity index (χ3v) is 4.20. The molecule has 0 N–H and O–H groups in total. The summed E-state index contributed by atoms with van der Waals surface area (Å²) in [6.45, 7) is 0. The van der Waals surface area contributed by atoms with Crippen molar-refractivity contribution in [2.45, 2.75) is 0 Å². The molecule has 0 unspecified atom stereocenters. The topological polar surface area (TPSA) is 60.8 Å². The highest BCUT2D eigenvalue weighted by Gasteiger charge is 2.31. The molecule has 0 radical (unpaired) electrons. The summed E-state index contributed by atoms with van der Waals surface area (Å²) in [6.07, 6.45) is 2.06. The van der Waals surface area contributed by atoms with Gasteiger partial charge in [0.2, 0.25) is 0 Å². The van der Waals surface area contributed by atoms with Gasteiger partial charge in [-0.25, -0.2) is 0 Å². The molecular weight excluding hydrogens is 292 g/mol. The maximum atomic E-state index is 5.16. The molecule has 0 amide bonds. The van der Waals surface area contributed by atoms with Crippen molar-refractivity contribution in [1.82, 2.24) is 17.5 Å². The van der Waals surface area contributed by atoms with Gasteiger partial charge in [-0.2, -0.15) is 17.5 Å². The Morgan fingerprint density at radius 2 is 1.40 bits per heavy atom. The van der Waals surface area contributed by atoms with E-state index in [4.69, 9.17) is 4.74 Å². The minimum Gasteiger partial charge on any atom is -0.497 e. The lowest BCUT2D eigenvalue weighted by Crippen LogP contribution is -1.85. The summed E-state index contributed by atoms with van der Waals surface area (Å²) in [5.74, 6) is 0.839. The van der Waals surface area contributed by atoms with Crippen molar-refractivity contribution >= 4 is 35.1 Å². The van der Waals surface area contributed by atoms with Gasteiger partial charge in [-0.3, -0.25) is 0 Å². The lowest BCUT2D eigenvalue weighted by Gasteiger charge is -2.00. The number of hydrogen-bond acceptors (Lipinski definition) is 7. The Hall–Kier alpha value is -2.12. The second-order valence-electron chi connectivity index (χ2n) is 4.25. The molecule has 1 aliphatic rings. The van der Waals surface area contributed by atoms with Gasteiger partial charge in [-0.05, 0) is 23.8 Å². The maximum absolute atomic E-state index is 5.16. The number of fused-ring (bicyclic) bond motifs is 3. The Labute approximate surface area is 123 Å². The molecule has 0 saturated carbocycles. The summed E-state index contributed by atoms with van der Waals surface area (Å²) < 4.78 is 22.5. The molecule has 0 bridgehead atoms. The van der Waals surface area contributed by atoms with E-state index in [9.17, 15) is 0 Å². The molecule has 1 aliphatic carbocycles. The standard InChI is InChI=1S/C13H8N4OS2/c1-18-8-4-2-7(3-5-8)6-9-10-12(16-19-14-10)13-11(9)15-20-17-13/h2-6H,1H3. The molecule has 0 atom stereocenters. The number of aromatic nitrogens is 4. The van der Waals surface area contributed by atoms with Crippen LogP contribution < -0.4 is 4.74 Å². The van der Waals surface area contributed by atoms with Gasteiger partial charge in [-0.1, -0.05) is 12.1 Å². The monoisotopic (exact) mass is 300 g/mol. The molecule has 4 rings (SSSR count). The molecule has 20 heavy (non-hydrogen) atoms. The summed E-state index contributed by atoms with van der Waals surface area (Å²) in [5.41, 5.74) is 5.51. The van der Waals surface area contributed by atoms with Crippen LogP contribution in [-0.4, -0.2) is 24.6 Å². The summed E-state index contributed by atoms with van der Waals surface area (Å²) in [5, 5.41) is 0. The normalized spacial score (nSPS) is 12.2. The van der Waals surface area contributed by atoms with Crippen molar-refractivity contribution < 1.29 is 4.74 Å². The molecule has 2 heterocycles. The zero-order chi connectivity index (χ0) is 13.5. The number of benzene rings is 1. The Bertz CT molecular complexity index is 762. The van der Waals surface area contributed by atoms with Crippen LogP contribution in [0.4, 0.5) is 0 Å².